The molecular formula is C7H11N3OS. The molecule has 0 unspecified atom stereocenters. The summed E-state index contributed by atoms with van der Waals surface area (Å²) in [5.41, 5.74) is 0.870. The summed E-state index contributed by atoms with van der Waals surface area (Å²) in [7, 11) is 3.69. The summed E-state index contributed by atoms with van der Waals surface area (Å²) in [4.78, 5) is 1.88. The molecule has 0 bridgehead atoms. The van der Waals surface area contributed by atoms with Gasteiger partial charge in [-0.1, -0.05) is 5.16 Å². The third-order valence-corrected chi connectivity index (χ3v) is 1.97. The fourth-order valence-electron chi connectivity index (χ4n) is 0.825. The first kappa shape index (κ1) is 8.99. The molecule has 4 nitrogen and oxygen atoms in total. The van der Waals surface area contributed by atoms with Crippen molar-refractivity contribution in [1.82, 2.24) is 15.4 Å². The van der Waals surface area contributed by atoms with Crippen LogP contribution in [0.3, 0.4) is 0 Å². The van der Waals surface area contributed by atoms with E-state index in [9.17, 15) is 0 Å². The van der Waals surface area contributed by atoms with Crippen LogP contribution in [-0.2, 0) is 6.54 Å². The summed E-state index contributed by atoms with van der Waals surface area (Å²) in [6, 6.07) is 1.81. The highest BCUT2D eigenvalue weighted by molar-refractivity contribution is 7.80. The molecule has 12 heavy (non-hydrogen) atoms. The van der Waals surface area contributed by atoms with Crippen LogP contribution in [0.1, 0.15) is 5.69 Å². The van der Waals surface area contributed by atoms with Crippen LogP contribution in [0.15, 0.2) is 16.9 Å². The monoisotopic (exact) mass is 185 g/mol. The molecule has 0 aliphatic heterocycles. The number of nitrogens with one attached hydrogen (secondary N) is 1. The van der Waals surface area contributed by atoms with Crippen molar-refractivity contribution in [3.8, 4) is 0 Å². The number of thiocarbonyl (C=S) groups is 1. The van der Waals surface area contributed by atoms with Crippen molar-refractivity contribution >= 4 is 17.3 Å². The summed E-state index contributed by atoms with van der Waals surface area (Å²) in [6.07, 6.45) is 1.55. The van der Waals surface area contributed by atoms with Crippen molar-refractivity contribution in [3.63, 3.8) is 0 Å². The van der Waals surface area contributed by atoms with Crippen LogP contribution in [0.5, 0.6) is 0 Å². The molecule has 0 spiro atoms. The van der Waals surface area contributed by atoms with Gasteiger partial charge < -0.3 is 14.7 Å². The van der Waals surface area contributed by atoms with Crippen LogP contribution < -0.4 is 5.32 Å². The molecule has 1 rings (SSSR count). The van der Waals surface area contributed by atoms with E-state index in [1.165, 1.54) is 0 Å². The molecule has 0 fully saturated rings. The van der Waals surface area contributed by atoms with Gasteiger partial charge in [0.15, 0.2) is 5.11 Å². The van der Waals surface area contributed by atoms with Crippen LogP contribution in [0.2, 0.25) is 0 Å². The molecule has 0 amide bonds. The third-order valence-electron chi connectivity index (χ3n) is 1.45. The molecule has 0 saturated carbocycles. The van der Waals surface area contributed by atoms with E-state index in [1.807, 2.05) is 18.0 Å². The Morgan fingerprint density at radius 3 is 3.08 bits per heavy atom. The average Bonchev–Trinajstić information content (AvgIpc) is 2.55. The maximum Gasteiger partial charge on any atom is 0.168 e. The summed E-state index contributed by atoms with van der Waals surface area (Å²) in [6.45, 7) is 0.663. The van der Waals surface area contributed by atoms with Gasteiger partial charge >= 0.3 is 0 Å². The predicted octanol–water partition coefficient (Wildman–Crippen LogP) is 0.611. The van der Waals surface area contributed by atoms with Crippen LogP contribution >= 0.6 is 12.2 Å². The Labute approximate surface area is 76.5 Å². The number of hydrogen-bond donors (Lipinski definition) is 1. The summed E-state index contributed by atoms with van der Waals surface area (Å²) in [5, 5.41) is 7.34. The zero-order valence-corrected chi connectivity index (χ0v) is 7.89. The highest BCUT2D eigenvalue weighted by atomic mass is 32.1. The van der Waals surface area contributed by atoms with Gasteiger partial charge in [0.2, 0.25) is 0 Å². The maximum atomic E-state index is 5.01. The maximum absolute atomic E-state index is 5.01. The molecule has 0 atom stereocenters. The van der Waals surface area contributed by atoms with Gasteiger partial charge in [0.1, 0.15) is 12.0 Å². The van der Waals surface area contributed by atoms with E-state index in [1.54, 1.807) is 13.3 Å². The first-order valence-corrected chi connectivity index (χ1v) is 3.97. The fourth-order valence-corrected chi connectivity index (χ4v) is 0.889. The van der Waals surface area contributed by atoms with Gasteiger partial charge in [0, 0.05) is 20.2 Å². The fraction of sp³-hybridized carbons (Fsp3) is 0.429. The molecule has 1 aromatic heterocycles. The zero-order chi connectivity index (χ0) is 8.97. The second kappa shape index (κ2) is 4.06. The number of aromatic nitrogens is 1. The Bertz CT molecular complexity index is 247. The Morgan fingerprint density at radius 1 is 1.83 bits per heavy atom. The largest absolute Gasteiger partial charge is 0.366 e. The molecular weight excluding hydrogens is 174 g/mol. The standard InChI is InChI=1S/C7H11N3OS/c1-8-7(12)10(2)5-6-3-4-11-9-6/h3-4H,5H2,1-2H3,(H,8,12). The van der Waals surface area contributed by atoms with Gasteiger partial charge in [-0.25, -0.2) is 0 Å². The van der Waals surface area contributed by atoms with E-state index in [2.05, 4.69) is 15.0 Å². The normalized spacial score (nSPS) is 9.50. The second-order valence-corrected chi connectivity index (χ2v) is 2.79. The molecule has 1 aromatic rings. The molecule has 0 aliphatic carbocycles. The minimum atomic E-state index is 0.663. The Morgan fingerprint density at radius 2 is 2.58 bits per heavy atom. The third kappa shape index (κ3) is 2.20. The van der Waals surface area contributed by atoms with Gasteiger partial charge in [0.05, 0.1) is 6.54 Å². The van der Waals surface area contributed by atoms with E-state index in [0.717, 1.165) is 5.69 Å². The van der Waals surface area contributed by atoms with E-state index in [4.69, 9.17) is 12.2 Å². The Balaban J connectivity index is 2.47. The van der Waals surface area contributed by atoms with E-state index < -0.39 is 0 Å². The quantitative estimate of drug-likeness (QED) is 0.684. The van der Waals surface area contributed by atoms with Crippen molar-refractivity contribution < 1.29 is 4.52 Å². The SMILES string of the molecule is CNC(=S)N(C)Cc1ccon1. The minimum absolute atomic E-state index is 0.663. The van der Waals surface area contributed by atoms with Crippen molar-refractivity contribution in [2.75, 3.05) is 14.1 Å². The lowest BCUT2D eigenvalue weighted by atomic mass is 10.4. The molecule has 0 saturated heterocycles. The number of rotatable bonds is 2. The zero-order valence-electron chi connectivity index (χ0n) is 7.07. The lowest BCUT2D eigenvalue weighted by Gasteiger charge is -2.17. The number of hydrogen-bond acceptors (Lipinski definition) is 3. The second-order valence-electron chi connectivity index (χ2n) is 2.40. The highest BCUT2D eigenvalue weighted by Gasteiger charge is 2.04. The van der Waals surface area contributed by atoms with E-state index >= 15 is 0 Å². The van der Waals surface area contributed by atoms with Crippen molar-refractivity contribution in [2.45, 2.75) is 6.54 Å². The number of nitrogens with zero attached hydrogens (tertiary/aromatic N) is 2. The van der Waals surface area contributed by atoms with E-state index in [-0.39, 0.29) is 0 Å². The van der Waals surface area contributed by atoms with Gasteiger partial charge in [-0.3, -0.25) is 0 Å². The van der Waals surface area contributed by atoms with Crippen LogP contribution in [0.4, 0.5) is 0 Å². The highest BCUT2D eigenvalue weighted by Crippen LogP contribution is 1.99. The summed E-state index contributed by atoms with van der Waals surface area (Å²) >= 11 is 5.01. The summed E-state index contributed by atoms with van der Waals surface area (Å²) in [5.74, 6) is 0. The lowest BCUT2D eigenvalue weighted by molar-refractivity contribution is 0.394. The molecule has 0 aliphatic rings. The smallest absolute Gasteiger partial charge is 0.168 e. The first-order chi connectivity index (χ1) is 5.74. The molecule has 5 heteroatoms. The molecule has 1 N–H and O–H groups in total. The van der Waals surface area contributed by atoms with Gasteiger partial charge in [0.25, 0.3) is 0 Å². The Kier molecular flexibility index (Phi) is 3.04. The van der Waals surface area contributed by atoms with E-state index in [0.29, 0.717) is 11.7 Å². The van der Waals surface area contributed by atoms with Gasteiger partial charge in [-0.05, 0) is 12.2 Å². The molecule has 0 aromatic carbocycles. The average molecular weight is 185 g/mol. The minimum Gasteiger partial charge on any atom is -0.366 e. The topological polar surface area (TPSA) is 41.3 Å². The van der Waals surface area contributed by atoms with Crippen molar-refractivity contribution in [2.24, 2.45) is 0 Å². The van der Waals surface area contributed by atoms with Crippen LogP contribution in [0.25, 0.3) is 0 Å². The molecule has 66 valence electrons. The van der Waals surface area contributed by atoms with Crippen LogP contribution in [0, 0.1) is 0 Å². The van der Waals surface area contributed by atoms with Crippen LogP contribution in [-0.4, -0.2) is 29.3 Å². The first-order valence-electron chi connectivity index (χ1n) is 3.56. The lowest BCUT2D eigenvalue weighted by Crippen LogP contribution is -2.34. The molecule has 1 heterocycles. The van der Waals surface area contributed by atoms with Gasteiger partial charge in [-0.15, -0.1) is 0 Å². The van der Waals surface area contributed by atoms with Crippen molar-refractivity contribution in [3.05, 3.63) is 18.0 Å². The predicted molar refractivity (Wildman–Crippen MR) is 49.6 cm³/mol. The summed E-state index contributed by atoms with van der Waals surface area (Å²) < 4.78 is 4.69. The van der Waals surface area contributed by atoms with Crippen molar-refractivity contribution in [1.29, 1.82) is 0 Å². The Hall–Kier alpha value is -1.10. The molecule has 0 radical (unpaired) electrons. The van der Waals surface area contributed by atoms with Gasteiger partial charge in [-0.2, -0.15) is 0 Å².